The van der Waals surface area contributed by atoms with Crippen LogP contribution in [-0.2, 0) is 9.84 Å². The van der Waals surface area contributed by atoms with Crippen molar-refractivity contribution in [1.29, 1.82) is 0 Å². The van der Waals surface area contributed by atoms with Crippen molar-refractivity contribution in [2.45, 2.75) is 185 Å². The summed E-state index contributed by atoms with van der Waals surface area (Å²) in [5.74, 6) is 0.644. The minimum absolute atomic E-state index is 0.104. The van der Waals surface area contributed by atoms with Crippen molar-refractivity contribution in [2.75, 3.05) is 12.5 Å². The van der Waals surface area contributed by atoms with Gasteiger partial charge in [0.05, 0.1) is 0 Å². The number of hydrogen-bond donors (Lipinski definition) is 2. The maximum Gasteiger partial charge on any atom is 0.402 e. The molecule has 0 aliphatic rings. The molecule has 8 aromatic rings. The highest BCUT2D eigenvalue weighted by Gasteiger charge is 2.64. The molecule has 0 saturated carbocycles. The Kier molecular flexibility index (Phi) is 114. The number of phenolic OH excluding ortho intramolecular Hbond substituents is 2. The molecule has 516 valence electrons. The number of rotatable bonds is 0. The molecule has 0 aliphatic carbocycles. The summed E-state index contributed by atoms with van der Waals surface area (Å²) in [6, 6.07) is 89.4. The van der Waals surface area contributed by atoms with E-state index in [0.29, 0.717) is 16.9 Å². The zero-order valence-corrected chi connectivity index (χ0v) is 61.5. The Morgan fingerprint density at radius 2 is 0.333 bits per heavy atom. The fraction of sp³-hybridized carbons (Fsp3) is 0.392. The van der Waals surface area contributed by atoms with Crippen LogP contribution in [0.25, 0.3) is 0 Å². The first kappa shape index (κ1) is 111. The molecule has 8 rings (SSSR count). The highest BCUT2D eigenvalue weighted by atomic mass is 32.2. The Hall–Kier alpha value is -7.11. The molecule has 0 heterocycles. The van der Waals surface area contributed by atoms with E-state index in [9.17, 15) is 34.8 Å². The van der Waals surface area contributed by atoms with Crippen LogP contribution in [0.5, 0.6) is 11.5 Å². The Morgan fingerprint density at radius 1 is 0.267 bits per heavy atom. The third-order valence-corrected chi connectivity index (χ3v) is 6.93. The lowest BCUT2D eigenvalue weighted by molar-refractivity contribution is -0.327. The molecule has 8 aromatic carbocycles. The monoisotopic (exact) mass is 1290 g/mol. The molecule has 0 saturated heterocycles. The van der Waals surface area contributed by atoms with Gasteiger partial charge in [-0.25, -0.2) is 8.42 Å². The molecule has 0 atom stereocenters. The van der Waals surface area contributed by atoms with Gasteiger partial charge in [0.2, 0.25) is 0 Å². The first-order valence-corrected chi connectivity index (χ1v) is 33.8. The smallest absolute Gasteiger partial charge is 0.402 e. The largest absolute Gasteiger partial charge is 0.508 e. The molecule has 11 heteroatoms. The van der Waals surface area contributed by atoms with Crippen LogP contribution in [0, 0.1) is 10.8 Å². The summed E-state index contributed by atoms with van der Waals surface area (Å²) in [7, 11) is -2.67. The average Bonchev–Trinajstić information content (AvgIpc) is 0.907. The fourth-order valence-corrected chi connectivity index (χ4v) is 3.33. The van der Waals surface area contributed by atoms with Crippen LogP contribution in [0.3, 0.4) is 0 Å². The molecule has 4 nitrogen and oxygen atoms in total. The predicted octanol–water partition coefficient (Wildman–Crippen LogP) is 27.4. The summed E-state index contributed by atoms with van der Waals surface area (Å²) < 4.78 is 88.9. The molecule has 0 aliphatic heterocycles. The van der Waals surface area contributed by atoms with Gasteiger partial charge in [-0.1, -0.05) is 414 Å². The van der Waals surface area contributed by atoms with E-state index in [1.165, 1.54) is 6.42 Å². The topological polar surface area (TPSA) is 74.6 Å². The molecule has 2 N–H and O–H groups in total. The fourth-order valence-electron chi connectivity index (χ4n) is 3.33. The molecule has 0 radical (unpaired) electrons. The highest BCUT2D eigenvalue weighted by Crippen LogP contribution is 2.49. The van der Waals surface area contributed by atoms with Crippen LogP contribution in [0.2, 0.25) is 0 Å². The SMILES string of the molecule is CC.CC.CC.CC.CC.CC.CC.CC.CC(C)(C(F)(F)F)C(F)(F)F.CC(C)(C)C.CCC.CS(C)(=O)=O.Oc1ccccc1.Oc1ccccc1.c1ccccc1.c1ccccc1.c1ccccc1.c1ccccc1.c1ccccc1.c1ccccc1. The van der Waals surface area contributed by atoms with Gasteiger partial charge in [-0.2, -0.15) is 26.3 Å². The summed E-state index contributed by atoms with van der Waals surface area (Å²) in [5, 5.41) is 17.3. The second-order valence-electron chi connectivity index (χ2n) is 17.1. The Labute approximate surface area is 550 Å². The Bertz CT molecular complexity index is 1870. The third-order valence-electron chi connectivity index (χ3n) is 6.93. The standard InChI is InChI=1S/2C6H6O.6C6H6.C5H6F6.C5H12.C3H8.C2H6O2S.8C2H6/c2*7-6-4-2-1-3-5-6;6*1-2-4-6-5-3-1;1-3(2,4(6,7)8)5(9,10)11;1-5(2,3)4;1-3-2;1-5(2,3)4;8*1-2/h2*1-5,7H;6*1-6H;1-2H3;1-4H3;3H2,1-2H3;1-2H3;8*1-2H3. The van der Waals surface area contributed by atoms with Crippen molar-refractivity contribution in [3.63, 3.8) is 0 Å². The van der Waals surface area contributed by atoms with E-state index in [-0.39, 0.29) is 13.8 Å². The molecule has 0 aromatic heterocycles. The van der Waals surface area contributed by atoms with Gasteiger partial charge < -0.3 is 10.2 Å². The number of alkyl halides is 6. The van der Waals surface area contributed by atoms with Crippen LogP contribution >= 0.6 is 0 Å². The van der Waals surface area contributed by atoms with Crippen molar-refractivity contribution in [2.24, 2.45) is 10.8 Å². The number of phenols is 2. The molecule has 0 amide bonds. The molecular weight excluding hydrogens is 1160 g/mol. The van der Waals surface area contributed by atoms with Gasteiger partial charge in [0.25, 0.3) is 0 Å². The molecule has 0 fully saturated rings. The number of sulfone groups is 1. The van der Waals surface area contributed by atoms with Crippen molar-refractivity contribution < 1.29 is 45.0 Å². The maximum atomic E-state index is 11.6. The molecule has 0 bridgehead atoms. The lowest BCUT2D eigenvalue weighted by atomic mass is 9.92. The quantitative estimate of drug-likeness (QED) is 0.148. The van der Waals surface area contributed by atoms with Crippen LogP contribution in [0.4, 0.5) is 26.3 Å². The minimum atomic E-state index is -5.24. The Morgan fingerprint density at radius 3 is 0.367 bits per heavy atom. The lowest BCUT2D eigenvalue weighted by Gasteiger charge is -2.29. The summed E-state index contributed by atoms with van der Waals surface area (Å²) in [6.07, 6.45) is -6.92. The molecule has 0 spiro atoms. The first-order valence-electron chi connectivity index (χ1n) is 31.5. The highest BCUT2D eigenvalue weighted by molar-refractivity contribution is 7.89. The first-order chi connectivity index (χ1) is 42.7. The lowest BCUT2D eigenvalue weighted by Crippen LogP contribution is -2.44. The van der Waals surface area contributed by atoms with Crippen molar-refractivity contribution >= 4 is 9.84 Å². The Balaban J connectivity index is -0.0000000727. The maximum absolute atomic E-state index is 11.6. The average molecular weight is 1290 g/mol. The minimum Gasteiger partial charge on any atom is -0.508 e. The van der Waals surface area contributed by atoms with E-state index < -0.39 is 27.6 Å². The number of benzene rings is 8. The molecule has 90 heavy (non-hydrogen) atoms. The van der Waals surface area contributed by atoms with E-state index in [1.807, 2.05) is 341 Å². The number of hydrogen-bond acceptors (Lipinski definition) is 4. The second kappa shape index (κ2) is 93.0. The summed E-state index contributed by atoms with van der Waals surface area (Å²) in [4.78, 5) is 0. The van der Waals surface area contributed by atoms with Gasteiger partial charge in [-0.3, -0.25) is 0 Å². The van der Waals surface area contributed by atoms with Gasteiger partial charge in [0.15, 0.2) is 5.41 Å². The normalized spacial score (nSPS) is 8.44. The van der Waals surface area contributed by atoms with E-state index in [0.717, 1.165) is 12.5 Å². The van der Waals surface area contributed by atoms with Crippen molar-refractivity contribution in [1.82, 2.24) is 0 Å². The molecular formula is C79H128F6O4S. The van der Waals surface area contributed by atoms with Gasteiger partial charge >= 0.3 is 12.4 Å². The summed E-state index contributed by atoms with van der Waals surface area (Å²) >= 11 is 0. The second-order valence-corrected chi connectivity index (χ2v) is 19.4. The van der Waals surface area contributed by atoms with Crippen LogP contribution in [-0.4, -0.2) is 43.5 Å². The molecule has 0 unspecified atom stereocenters. The van der Waals surface area contributed by atoms with Gasteiger partial charge in [-0.15, -0.1) is 0 Å². The van der Waals surface area contributed by atoms with E-state index in [2.05, 4.69) is 41.5 Å². The van der Waals surface area contributed by atoms with Crippen molar-refractivity contribution in [3.8, 4) is 11.5 Å². The van der Waals surface area contributed by atoms with E-state index >= 15 is 0 Å². The number of halogens is 6. The van der Waals surface area contributed by atoms with Crippen LogP contribution in [0.1, 0.15) is 173 Å². The summed E-state index contributed by atoms with van der Waals surface area (Å²) in [5.41, 5.74) is -3.12. The zero-order valence-electron chi connectivity index (χ0n) is 60.7. The summed E-state index contributed by atoms with van der Waals surface area (Å²) in [6.45, 7) is 45.2. The number of para-hydroxylation sites is 2. The van der Waals surface area contributed by atoms with Crippen molar-refractivity contribution in [3.05, 3.63) is 279 Å². The van der Waals surface area contributed by atoms with Crippen LogP contribution in [0.15, 0.2) is 279 Å². The van der Waals surface area contributed by atoms with Gasteiger partial charge in [0.1, 0.15) is 21.3 Å². The van der Waals surface area contributed by atoms with Crippen LogP contribution < -0.4 is 0 Å². The zero-order chi connectivity index (χ0) is 72.9. The number of aromatic hydroxyl groups is 2. The predicted molar refractivity (Wildman–Crippen MR) is 393 cm³/mol. The van der Waals surface area contributed by atoms with Gasteiger partial charge in [0, 0.05) is 12.5 Å². The van der Waals surface area contributed by atoms with E-state index in [1.54, 1.807) is 48.5 Å². The van der Waals surface area contributed by atoms with E-state index in [4.69, 9.17) is 10.2 Å². The third kappa shape index (κ3) is 131. The van der Waals surface area contributed by atoms with Gasteiger partial charge in [-0.05, 0) is 43.5 Å².